The van der Waals surface area contributed by atoms with Gasteiger partial charge in [-0.2, -0.15) is 0 Å². The van der Waals surface area contributed by atoms with E-state index in [2.05, 4.69) is 0 Å². The Morgan fingerprint density at radius 3 is 1.64 bits per heavy atom. The lowest BCUT2D eigenvalue weighted by atomic mass is 9.94. The van der Waals surface area contributed by atoms with Crippen molar-refractivity contribution in [2.75, 3.05) is 0 Å². The second kappa shape index (κ2) is 7.78. The summed E-state index contributed by atoms with van der Waals surface area (Å²) in [7, 11) is 0. The van der Waals surface area contributed by atoms with Gasteiger partial charge in [0.1, 0.15) is 12.2 Å². The summed E-state index contributed by atoms with van der Waals surface area (Å²) in [5, 5.41) is 0. The van der Waals surface area contributed by atoms with Crippen LogP contribution in [0, 0.1) is 0 Å². The number of esters is 2. The second-order valence-corrected chi connectivity index (χ2v) is 5.58. The number of hydrogen-bond acceptors (Lipinski definition) is 4. The number of fused-ring (bicyclic) bond motifs is 1. The zero-order valence-corrected chi connectivity index (χ0v) is 13.1. The molecule has 1 aromatic rings. The zero-order chi connectivity index (χ0) is 15.9. The number of carbonyl (C=O) groups is 2. The van der Waals surface area contributed by atoms with Crippen LogP contribution in [0.3, 0.4) is 0 Å². The van der Waals surface area contributed by atoms with Crippen molar-refractivity contribution in [3.8, 4) is 0 Å². The lowest BCUT2D eigenvalue weighted by molar-refractivity contribution is -0.147. The lowest BCUT2D eigenvalue weighted by Crippen LogP contribution is -2.23. The summed E-state index contributed by atoms with van der Waals surface area (Å²) >= 11 is 0. The van der Waals surface area contributed by atoms with Gasteiger partial charge in [-0.1, -0.05) is 36.4 Å². The maximum Gasteiger partial charge on any atom is 0.302 e. The summed E-state index contributed by atoms with van der Waals surface area (Å²) in [6.07, 6.45) is 6.37. The van der Waals surface area contributed by atoms with Crippen LogP contribution in [0.5, 0.6) is 0 Å². The Morgan fingerprint density at radius 1 is 0.864 bits per heavy atom. The van der Waals surface area contributed by atoms with Gasteiger partial charge in [-0.05, 0) is 11.1 Å². The SMILES string of the molecule is CC(=O)OC1C/C=C\CC(OC(C)=O)Cc2ccccc2C1. The lowest BCUT2D eigenvalue weighted by Gasteiger charge is -2.22. The van der Waals surface area contributed by atoms with Crippen molar-refractivity contribution in [2.24, 2.45) is 0 Å². The number of carbonyl (C=O) groups excluding carboxylic acids is 2. The Labute approximate surface area is 131 Å². The topological polar surface area (TPSA) is 52.6 Å². The van der Waals surface area contributed by atoms with E-state index < -0.39 is 0 Å². The molecule has 0 spiro atoms. The molecule has 2 atom stereocenters. The molecule has 0 aromatic heterocycles. The molecule has 0 heterocycles. The largest absolute Gasteiger partial charge is 0.462 e. The Bertz CT molecular complexity index is 513. The third-order valence-electron chi connectivity index (χ3n) is 3.64. The Balaban J connectivity index is 2.23. The van der Waals surface area contributed by atoms with Gasteiger partial charge in [0.2, 0.25) is 0 Å². The minimum absolute atomic E-state index is 0.153. The highest BCUT2D eigenvalue weighted by Gasteiger charge is 2.19. The molecule has 0 aliphatic heterocycles. The Kier molecular flexibility index (Phi) is 5.75. The van der Waals surface area contributed by atoms with Gasteiger partial charge in [0.15, 0.2) is 0 Å². The molecular weight excluding hydrogens is 280 g/mol. The molecule has 2 rings (SSSR count). The van der Waals surface area contributed by atoms with Crippen LogP contribution >= 0.6 is 0 Å². The van der Waals surface area contributed by atoms with Gasteiger partial charge >= 0.3 is 11.9 Å². The minimum Gasteiger partial charge on any atom is -0.462 e. The number of ether oxygens (including phenoxy) is 2. The molecule has 0 N–H and O–H groups in total. The average Bonchev–Trinajstić information content (AvgIpc) is 2.44. The third kappa shape index (κ3) is 5.02. The summed E-state index contributed by atoms with van der Waals surface area (Å²) in [6, 6.07) is 8.04. The predicted octanol–water partition coefficient (Wildman–Crippen LogP) is 2.99. The van der Waals surface area contributed by atoms with E-state index in [9.17, 15) is 9.59 Å². The highest BCUT2D eigenvalue weighted by molar-refractivity contribution is 5.66. The highest BCUT2D eigenvalue weighted by Crippen LogP contribution is 2.20. The van der Waals surface area contributed by atoms with Gasteiger partial charge in [-0.25, -0.2) is 0 Å². The van der Waals surface area contributed by atoms with Crippen LogP contribution in [0.15, 0.2) is 36.4 Å². The molecule has 0 fully saturated rings. The molecule has 0 saturated heterocycles. The van der Waals surface area contributed by atoms with E-state index in [-0.39, 0.29) is 24.1 Å². The summed E-state index contributed by atoms with van der Waals surface area (Å²) in [4.78, 5) is 22.5. The Morgan fingerprint density at radius 2 is 1.27 bits per heavy atom. The molecular formula is C18H22O4. The number of rotatable bonds is 2. The number of hydrogen-bond donors (Lipinski definition) is 0. The average molecular weight is 302 g/mol. The molecule has 1 aliphatic rings. The van der Waals surface area contributed by atoms with E-state index in [1.807, 2.05) is 36.4 Å². The van der Waals surface area contributed by atoms with Crippen molar-refractivity contribution in [1.82, 2.24) is 0 Å². The third-order valence-corrected chi connectivity index (χ3v) is 3.64. The summed E-state index contributed by atoms with van der Waals surface area (Å²) in [6.45, 7) is 2.87. The van der Waals surface area contributed by atoms with Crippen LogP contribution in [0.1, 0.15) is 37.8 Å². The molecule has 0 saturated carbocycles. The number of benzene rings is 1. The summed E-state index contributed by atoms with van der Waals surface area (Å²) < 4.78 is 10.8. The summed E-state index contributed by atoms with van der Waals surface area (Å²) in [5.74, 6) is -0.517. The molecule has 4 heteroatoms. The normalized spacial score (nSPS) is 23.0. The maximum atomic E-state index is 11.2. The smallest absolute Gasteiger partial charge is 0.302 e. The fraction of sp³-hybridized carbons (Fsp3) is 0.444. The molecule has 1 aliphatic carbocycles. The van der Waals surface area contributed by atoms with Crippen molar-refractivity contribution in [3.63, 3.8) is 0 Å². The van der Waals surface area contributed by atoms with Gasteiger partial charge in [0.05, 0.1) is 0 Å². The fourth-order valence-corrected chi connectivity index (χ4v) is 2.76. The van der Waals surface area contributed by atoms with Crippen molar-refractivity contribution >= 4 is 11.9 Å². The van der Waals surface area contributed by atoms with Crippen LogP contribution < -0.4 is 0 Å². The molecule has 1 aromatic carbocycles. The molecule has 2 unspecified atom stereocenters. The minimum atomic E-state index is -0.259. The zero-order valence-electron chi connectivity index (χ0n) is 13.1. The van der Waals surface area contributed by atoms with Crippen molar-refractivity contribution in [1.29, 1.82) is 0 Å². The fourth-order valence-electron chi connectivity index (χ4n) is 2.76. The van der Waals surface area contributed by atoms with E-state index >= 15 is 0 Å². The van der Waals surface area contributed by atoms with Gasteiger partial charge in [0, 0.05) is 39.5 Å². The van der Waals surface area contributed by atoms with Gasteiger partial charge in [0.25, 0.3) is 0 Å². The van der Waals surface area contributed by atoms with E-state index in [1.54, 1.807) is 0 Å². The van der Waals surface area contributed by atoms with Crippen LogP contribution in [0.25, 0.3) is 0 Å². The first-order chi connectivity index (χ1) is 10.5. The Hall–Kier alpha value is -2.10. The monoisotopic (exact) mass is 302 g/mol. The van der Waals surface area contributed by atoms with Gasteiger partial charge in [-0.15, -0.1) is 0 Å². The molecule has 4 nitrogen and oxygen atoms in total. The van der Waals surface area contributed by atoms with E-state index in [0.717, 1.165) is 11.1 Å². The highest BCUT2D eigenvalue weighted by atomic mass is 16.5. The predicted molar refractivity (Wildman–Crippen MR) is 83.3 cm³/mol. The van der Waals surface area contributed by atoms with Gasteiger partial charge < -0.3 is 9.47 Å². The van der Waals surface area contributed by atoms with Crippen molar-refractivity contribution in [2.45, 2.75) is 51.7 Å². The second-order valence-electron chi connectivity index (χ2n) is 5.58. The molecule has 0 amide bonds. The van der Waals surface area contributed by atoms with Crippen LogP contribution in [0.2, 0.25) is 0 Å². The molecule has 0 bridgehead atoms. The van der Waals surface area contributed by atoms with E-state index in [4.69, 9.17) is 9.47 Å². The van der Waals surface area contributed by atoms with Crippen LogP contribution in [-0.4, -0.2) is 24.1 Å². The maximum absolute atomic E-state index is 11.2. The van der Waals surface area contributed by atoms with Crippen LogP contribution in [-0.2, 0) is 31.9 Å². The standard InChI is InChI=1S/C18H22O4/c1-13(19)21-17-9-5-6-10-18(22-14(2)20)12-16-8-4-3-7-15(16)11-17/h3-8,17-18H,9-12H2,1-2H3/b6-5-. The van der Waals surface area contributed by atoms with Crippen molar-refractivity contribution in [3.05, 3.63) is 47.5 Å². The van der Waals surface area contributed by atoms with Gasteiger partial charge in [-0.3, -0.25) is 9.59 Å². The van der Waals surface area contributed by atoms with E-state index in [1.165, 1.54) is 13.8 Å². The molecule has 22 heavy (non-hydrogen) atoms. The first-order valence-electron chi connectivity index (χ1n) is 7.61. The van der Waals surface area contributed by atoms with Crippen LogP contribution in [0.4, 0.5) is 0 Å². The first-order valence-corrected chi connectivity index (χ1v) is 7.61. The summed E-state index contributed by atoms with van der Waals surface area (Å²) in [5.41, 5.74) is 2.28. The first kappa shape index (κ1) is 16.3. The van der Waals surface area contributed by atoms with Crippen molar-refractivity contribution < 1.29 is 19.1 Å². The molecule has 0 radical (unpaired) electrons. The quantitative estimate of drug-likeness (QED) is 0.622. The van der Waals surface area contributed by atoms with E-state index in [0.29, 0.717) is 25.7 Å². The molecule has 118 valence electrons.